The van der Waals surface area contributed by atoms with Crippen LogP contribution >= 0.6 is 0 Å². The molecular weight excluding hydrogens is 393 g/mol. The number of carbonyl (C=O) groups excluding carboxylic acids is 2. The molecule has 0 N–H and O–H groups in total. The molecule has 2 aromatic heterocycles. The first kappa shape index (κ1) is 21.2. The van der Waals surface area contributed by atoms with E-state index in [9.17, 15) is 18.8 Å². The van der Waals surface area contributed by atoms with Crippen molar-refractivity contribution in [1.29, 1.82) is 0 Å². The minimum atomic E-state index is -0.682. The molecule has 0 bridgehead atoms. The molecule has 1 amide bonds. The van der Waals surface area contributed by atoms with Crippen LogP contribution in [0.25, 0.3) is 11.1 Å². The van der Waals surface area contributed by atoms with E-state index < -0.39 is 11.5 Å². The third kappa shape index (κ3) is 4.24. The number of rotatable bonds is 7. The highest BCUT2D eigenvalue weighted by atomic mass is 19.1. The molecule has 8 nitrogen and oxygen atoms in total. The van der Waals surface area contributed by atoms with Gasteiger partial charge in [-0.25, -0.2) is 14.2 Å². The molecule has 0 aliphatic rings. The molecule has 2 heterocycles. The van der Waals surface area contributed by atoms with E-state index in [0.29, 0.717) is 12.1 Å². The van der Waals surface area contributed by atoms with E-state index in [1.807, 2.05) is 0 Å². The summed E-state index contributed by atoms with van der Waals surface area (Å²) in [6.45, 7) is 5.43. The minimum absolute atomic E-state index is 0.0105. The second-order valence-corrected chi connectivity index (χ2v) is 6.65. The van der Waals surface area contributed by atoms with Crippen molar-refractivity contribution < 1.29 is 23.1 Å². The number of likely N-dealkylation sites (N-methyl/N-ethyl adjacent to an activating group) is 1. The number of ether oxygens (including phenoxy) is 1. The Balaban J connectivity index is 1.90. The van der Waals surface area contributed by atoms with E-state index in [1.165, 1.54) is 23.4 Å². The number of hydrogen-bond acceptors (Lipinski definition) is 6. The number of halogens is 1. The lowest BCUT2D eigenvalue weighted by molar-refractivity contribution is -0.132. The lowest BCUT2D eigenvalue weighted by Gasteiger charge is -2.21. The molecule has 30 heavy (non-hydrogen) atoms. The Hall–Kier alpha value is -3.49. The Labute approximate surface area is 171 Å². The van der Waals surface area contributed by atoms with E-state index in [-0.39, 0.29) is 53.8 Å². The number of carbonyl (C=O) groups is 2. The molecule has 0 atom stereocenters. The summed E-state index contributed by atoms with van der Waals surface area (Å²) < 4.78 is 25.0. The van der Waals surface area contributed by atoms with Crippen LogP contribution in [0.15, 0.2) is 39.8 Å². The molecule has 0 radical (unpaired) electrons. The summed E-state index contributed by atoms with van der Waals surface area (Å²) >= 11 is 0. The van der Waals surface area contributed by atoms with Gasteiger partial charge in [0.15, 0.2) is 0 Å². The molecule has 0 unspecified atom stereocenters. The first-order valence-electron chi connectivity index (χ1n) is 9.53. The Morgan fingerprint density at radius 3 is 2.73 bits per heavy atom. The Morgan fingerprint density at radius 1 is 1.30 bits per heavy atom. The maximum atomic E-state index is 13.4. The van der Waals surface area contributed by atoms with Crippen LogP contribution in [-0.2, 0) is 22.6 Å². The van der Waals surface area contributed by atoms with Crippen LogP contribution in [0, 0.1) is 12.7 Å². The number of furan rings is 1. The lowest BCUT2D eigenvalue weighted by Crippen LogP contribution is -2.36. The van der Waals surface area contributed by atoms with Gasteiger partial charge in [0.2, 0.25) is 11.6 Å². The fourth-order valence-corrected chi connectivity index (χ4v) is 3.18. The minimum Gasteiger partial charge on any atom is -0.462 e. The molecule has 3 aromatic rings. The quantitative estimate of drug-likeness (QED) is 0.551. The van der Waals surface area contributed by atoms with Gasteiger partial charge >= 0.3 is 5.97 Å². The third-order valence-electron chi connectivity index (χ3n) is 4.64. The first-order valence-corrected chi connectivity index (χ1v) is 9.53. The fraction of sp³-hybridized carbons (Fsp3) is 0.333. The number of hydrogen-bond donors (Lipinski definition) is 0. The van der Waals surface area contributed by atoms with Crippen LogP contribution in [0.4, 0.5) is 4.39 Å². The second kappa shape index (κ2) is 8.89. The summed E-state index contributed by atoms with van der Waals surface area (Å²) in [6.07, 6.45) is 1.20. The van der Waals surface area contributed by atoms with Gasteiger partial charge in [0.25, 0.3) is 5.56 Å². The van der Waals surface area contributed by atoms with Gasteiger partial charge in [0.1, 0.15) is 35.4 Å². The van der Waals surface area contributed by atoms with Crippen LogP contribution in [0.3, 0.4) is 0 Å². The van der Waals surface area contributed by atoms with Gasteiger partial charge in [0.05, 0.1) is 6.61 Å². The summed E-state index contributed by atoms with van der Waals surface area (Å²) in [5, 5.41) is -0.0190. The maximum Gasteiger partial charge on any atom is 0.342 e. The molecule has 158 valence electrons. The maximum absolute atomic E-state index is 13.4. The number of aromatic nitrogens is 2. The van der Waals surface area contributed by atoms with E-state index in [1.54, 1.807) is 32.9 Å². The molecule has 9 heteroatoms. The zero-order valence-electron chi connectivity index (χ0n) is 17.0. The smallest absolute Gasteiger partial charge is 0.342 e. The van der Waals surface area contributed by atoms with E-state index in [4.69, 9.17) is 9.15 Å². The van der Waals surface area contributed by atoms with E-state index in [0.717, 1.165) is 4.57 Å². The van der Waals surface area contributed by atoms with Crippen molar-refractivity contribution >= 4 is 23.0 Å². The normalized spacial score (nSPS) is 10.9. The molecule has 3 rings (SSSR count). The van der Waals surface area contributed by atoms with E-state index >= 15 is 0 Å². The van der Waals surface area contributed by atoms with Gasteiger partial charge in [-0.2, -0.15) is 0 Å². The van der Waals surface area contributed by atoms with Crippen LogP contribution in [0.5, 0.6) is 0 Å². The molecule has 0 spiro atoms. The molecular formula is C21H22FN3O5. The number of nitrogens with zero attached hydrogens (tertiary/aromatic N) is 3. The number of fused-ring (bicyclic) bond motifs is 1. The molecule has 0 saturated heterocycles. The van der Waals surface area contributed by atoms with Gasteiger partial charge in [-0.15, -0.1) is 0 Å². The van der Waals surface area contributed by atoms with Gasteiger partial charge in [-0.1, -0.05) is 12.1 Å². The van der Waals surface area contributed by atoms with Gasteiger partial charge in [-0.05, 0) is 38.5 Å². The van der Waals surface area contributed by atoms with Crippen molar-refractivity contribution in [3.8, 4) is 0 Å². The first-order chi connectivity index (χ1) is 14.3. The molecule has 1 aromatic carbocycles. The topological polar surface area (TPSA) is 94.6 Å². The van der Waals surface area contributed by atoms with Crippen LogP contribution in [-0.4, -0.2) is 39.5 Å². The SMILES string of the molecule is CCOC(=O)c1c(C)oc2ncn(CC(=O)N(CC)Cc3cccc(F)c3)c(=O)c12. The van der Waals surface area contributed by atoms with Crippen LogP contribution < -0.4 is 5.56 Å². The van der Waals surface area contributed by atoms with Crippen molar-refractivity contribution in [3.63, 3.8) is 0 Å². The average molecular weight is 415 g/mol. The predicted octanol–water partition coefficient (Wildman–Crippen LogP) is 2.66. The van der Waals surface area contributed by atoms with Gasteiger partial charge < -0.3 is 14.1 Å². The van der Waals surface area contributed by atoms with Gasteiger partial charge in [-0.3, -0.25) is 14.2 Å². The molecule has 0 aliphatic heterocycles. The average Bonchev–Trinajstić information content (AvgIpc) is 3.05. The fourth-order valence-electron chi connectivity index (χ4n) is 3.18. The Morgan fingerprint density at radius 2 is 2.07 bits per heavy atom. The molecule has 0 aliphatic carbocycles. The summed E-state index contributed by atoms with van der Waals surface area (Å²) in [4.78, 5) is 43.5. The van der Waals surface area contributed by atoms with Crippen molar-refractivity contribution in [1.82, 2.24) is 14.5 Å². The highest BCUT2D eigenvalue weighted by Gasteiger charge is 2.24. The highest BCUT2D eigenvalue weighted by molar-refractivity contribution is 6.03. The van der Waals surface area contributed by atoms with Crippen molar-refractivity contribution in [2.75, 3.05) is 13.2 Å². The van der Waals surface area contributed by atoms with Crippen molar-refractivity contribution in [3.05, 3.63) is 63.7 Å². The zero-order chi connectivity index (χ0) is 21.8. The number of amides is 1. The zero-order valence-corrected chi connectivity index (χ0v) is 17.0. The number of esters is 1. The molecule has 0 fully saturated rings. The predicted molar refractivity (Wildman–Crippen MR) is 106 cm³/mol. The van der Waals surface area contributed by atoms with Crippen molar-refractivity contribution in [2.45, 2.75) is 33.9 Å². The summed E-state index contributed by atoms with van der Waals surface area (Å²) in [7, 11) is 0. The van der Waals surface area contributed by atoms with E-state index in [2.05, 4.69) is 4.98 Å². The van der Waals surface area contributed by atoms with Gasteiger partial charge in [0, 0.05) is 13.1 Å². The number of benzene rings is 1. The summed E-state index contributed by atoms with van der Waals surface area (Å²) in [5.74, 6) is -1.19. The van der Waals surface area contributed by atoms with Crippen molar-refractivity contribution in [2.24, 2.45) is 0 Å². The summed E-state index contributed by atoms with van der Waals surface area (Å²) in [6, 6.07) is 5.98. The lowest BCUT2D eigenvalue weighted by atomic mass is 10.2. The van der Waals surface area contributed by atoms with Crippen LogP contribution in [0.2, 0.25) is 0 Å². The Bertz CT molecular complexity index is 1150. The second-order valence-electron chi connectivity index (χ2n) is 6.65. The third-order valence-corrected chi connectivity index (χ3v) is 4.64. The monoisotopic (exact) mass is 415 g/mol. The summed E-state index contributed by atoms with van der Waals surface area (Å²) in [5.41, 5.74) is 0.0888. The standard InChI is InChI=1S/C21H22FN3O5/c1-4-24(10-14-7-6-8-15(22)9-14)16(26)11-25-12-23-19-18(20(25)27)17(13(3)30-19)21(28)29-5-2/h6-9,12H,4-5,10-11H2,1-3H3. The Kier molecular flexibility index (Phi) is 6.29. The molecule has 0 saturated carbocycles. The number of aryl methyl sites for hydroxylation is 1. The highest BCUT2D eigenvalue weighted by Crippen LogP contribution is 2.21. The largest absolute Gasteiger partial charge is 0.462 e. The van der Waals surface area contributed by atoms with Crippen LogP contribution in [0.1, 0.15) is 35.5 Å².